The smallest absolute Gasteiger partial charge is 0.270 e. The van der Waals surface area contributed by atoms with Crippen molar-refractivity contribution < 1.29 is 18.7 Å². The third kappa shape index (κ3) is 4.61. The number of amides is 2. The van der Waals surface area contributed by atoms with E-state index < -0.39 is 5.91 Å². The predicted octanol–water partition coefficient (Wildman–Crippen LogP) is 3.52. The standard InChI is InChI=1S/C26H24ClN3O5/c1-34-23-8-7-18(27)11-20(23)25(32)28-21(12-19-4-3-9-35-19)26(33)29-13-16-10-17(15-29)22-5-2-6-24(31)30(22)14-16/h2-9,11-12,16-17H,10,13-15H2,1H3,(H,28,32)/b21-12+. The number of pyridine rings is 1. The second-order valence-corrected chi connectivity index (χ2v) is 9.22. The Morgan fingerprint density at radius 2 is 2.00 bits per heavy atom. The van der Waals surface area contributed by atoms with Gasteiger partial charge < -0.3 is 23.9 Å². The number of hydrogen-bond donors (Lipinski definition) is 1. The Morgan fingerprint density at radius 3 is 2.77 bits per heavy atom. The third-order valence-corrected chi connectivity index (χ3v) is 6.72. The van der Waals surface area contributed by atoms with Crippen molar-refractivity contribution in [2.45, 2.75) is 18.9 Å². The number of rotatable bonds is 5. The molecule has 2 atom stereocenters. The van der Waals surface area contributed by atoms with E-state index in [1.54, 1.807) is 41.3 Å². The van der Waals surface area contributed by atoms with Crippen molar-refractivity contribution in [2.75, 3.05) is 20.2 Å². The van der Waals surface area contributed by atoms with Crippen LogP contribution in [0.1, 0.15) is 34.2 Å². The number of methoxy groups -OCH3 is 1. The lowest BCUT2D eigenvalue weighted by molar-refractivity contribution is -0.130. The van der Waals surface area contributed by atoms with Crippen molar-refractivity contribution in [3.8, 4) is 5.75 Å². The van der Waals surface area contributed by atoms with Crippen LogP contribution < -0.4 is 15.6 Å². The Kier molecular flexibility index (Phi) is 6.21. The van der Waals surface area contributed by atoms with E-state index in [4.69, 9.17) is 20.8 Å². The van der Waals surface area contributed by atoms with Crippen molar-refractivity contribution in [1.82, 2.24) is 14.8 Å². The lowest BCUT2D eigenvalue weighted by Gasteiger charge is -2.42. The Hall–Kier alpha value is -3.78. The maximum atomic E-state index is 13.7. The fourth-order valence-corrected chi connectivity index (χ4v) is 5.12. The van der Waals surface area contributed by atoms with Gasteiger partial charge in [-0.05, 0) is 48.7 Å². The van der Waals surface area contributed by atoms with Gasteiger partial charge in [-0.15, -0.1) is 0 Å². The molecule has 35 heavy (non-hydrogen) atoms. The molecule has 5 rings (SSSR count). The summed E-state index contributed by atoms with van der Waals surface area (Å²) in [6.45, 7) is 1.51. The van der Waals surface area contributed by atoms with Gasteiger partial charge in [0, 0.05) is 48.4 Å². The predicted molar refractivity (Wildman–Crippen MR) is 130 cm³/mol. The Labute approximate surface area is 206 Å². The number of nitrogens with zero attached hydrogens (tertiary/aromatic N) is 2. The molecule has 0 aliphatic carbocycles. The first-order chi connectivity index (χ1) is 16.9. The molecule has 4 heterocycles. The number of likely N-dealkylation sites (tertiary alicyclic amines) is 1. The first-order valence-corrected chi connectivity index (χ1v) is 11.7. The minimum atomic E-state index is -0.524. The van der Waals surface area contributed by atoms with Gasteiger partial charge in [0.05, 0.1) is 18.9 Å². The van der Waals surface area contributed by atoms with E-state index in [9.17, 15) is 14.4 Å². The largest absolute Gasteiger partial charge is 0.496 e. The van der Waals surface area contributed by atoms with E-state index in [-0.39, 0.29) is 34.6 Å². The van der Waals surface area contributed by atoms with Crippen LogP contribution in [0.3, 0.4) is 0 Å². The molecule has 2 aliphatic rings. The average Bonchev–Trinajstić information content (AvgIpc) is 3.37. The van der Waals surface area contributed by atoms with Gasteiger partial charge >= 0.3 is 0 Å². The molecule has 1 saturated heterocycles. The summed E-state index contributed by atoms with van der Waals surface area (Å²) >= 11 is 6.10. The lowest BCUT2D eigenvalue weighted by Crippen LogP contribution is -2.50. The van der Waals surface area contributed by atoms with Crippen molar-refractivity contribution in [3.63, 3.8) is 0 Å². The van der Waals surface area contributed by atoms with Crippen LogP contribution in [0.4, 0.5) is 0 Å². The number of carbonyl (C=O) groups excluding carboxylic acids is 2. The van der Waals surface area contributed by atoms with Gasteiger partial charge in [0.1, 0.15) is 17.2 Å². The number of aromatic nitrogens is 1. The third-order valence-electron chi connectivity index (χ3n) is 6.48. The molecule has 1 aromatic carbocycles. The lowest BCUT2D eigenvalue weighted by atomic mass is 9.83. The first kappa shape index (κ1) is 23.0. The molecule has 2 amide bonds. The molecule has 180 valence electrons. The molecule has 1 N–H and O–H groups in total. The minimum Gasteiger partial charge on any atom is -0.496 e. The monoisotopic (exact) mass is 493 g/mol. The van der Waals surface area contributed by atoms with Gasteiger partial charge in [-0.25, -0.2) is 0 Å². The Balaban J connectivity index is 1.44. The second kappa shape index (κ2) is 9.46. The van der Waals surface area contributed by atoms with Crippen LogP contribution in [0.15, 0.2) is 69.7 Å². The van der Waals surface area contributed by atoms with Gasteiger partial charge in [0.2, 0.25) is 0 Å². The topological polar surface area (TPSA) is 93.8 Å². The zero-order valence-corrected chi connectivity index (χ0v) is 19.8. The van der Waals surface area contributed by atoms with Crippen molar-refractivity contribution in [2.24, 2.45) is 5.92 Å². The zero-order chi connectivity index (χ0) is 24.5. The molecule has 0 radical (unpaired) electrons. The molecule has 2 bridgehead atoms. The average molecular weight is 494 g/mol. The maximum absolute atomic E-state index is 13.7. The molecule has 0 spiro atoms. The number of benzene rings is 1. The zero-order valence-electron chi connectivity index (χ0n) is 19.1. The summed E-state index contributed by atoms with van der Waals surface area (Å²) in [5, 5.41) is 3.11. The van der Waals surface area contributed by atoms with Crippen LogP contribution in [0.5, 0.6) is 5.75 Å². The van der Waals surface area contributed by atoms with E-state index in [0.29, 0.717) is 36.2 Å². The summed E-state index contributed by atoms with van der Waals surface area (Å²) in [4.78, 5) is 40.9. The number of fused-ring (bicyclic) bond motifs is 4. The quantitative estimate of drug-likeness (QED) is 0.549. The number of carbonyl (C=O) groups is 2. The highest BCUT2D eigenvalue weighted by atomic mass is 35.5. The minimum absolute atomic E-state index is 0.0156. The second-order valence-electron chi connectivity index (χ2n) is 8.78. The molecule has 1 fully saturated rings. The highest BCUT2D eigenvalue weighted by molar-refractivity contribution is 6.31. The van der Waals surface area contributed by atoms with E-state index in [0.717, 1.165) is 12.1 Å². The fourth-order valence-electron chi connectivity index (χ4n) is 4.95. The molecule has 8 nitrogen and oxygen atoms in total. The van der Waals surface area contributed by atoms with Crippen LogP contribution in [0.2, 0.25) is 5.02 Å². The number of nitrogens with one attached hydrogen (secondary N) is 1. The number of piperidine rings is 1. The molecular formula is C26H24ClN3O5. The Bertz CT molecular complexity index is 1360. The summed E-state index contributed by atoms with van der Waals surface area (Å²) in [5.74, 6) is 0.127. The summed E-state index contributed by atoms with van der Waals surface area (Å²) in [6, 6.07) is 13.4. The van der Waals surface area contributed by atoms with E-state index in [2.05, 4.69) is 5.32 Å². The van der Waals surface area contributed by atoms with E-state index in [1.807, 2.05) is 10.6 Å². The SMILES string of the molecule is COc1ccc(Cl)cc1C(=O)N/C(=C/c1ccco1)C(=O)N1CC2CC(C1)c1cccc(=O)n1C2. The first-order valence-electron chi connectivity index (χ1n) is 11.3. The van der Waals surface area contributed by atoms with Gasteiger partial charge in [0.25, 0.3) is 17.4 Å². The van der Waals surface area contributed by atoms with Crippen molar-refractivity contribution in [3.05, 3.63) is 92.9 Å². The normalized spacial score (nSPS) is 19.1. The molecule has 0 saturated carbocycles. The van der Waals surface area contributed by atoms with Crippen LogP contribution in [-0.2, 0) is 11.3 Å². The van der Waals surface area contributed by atoms with Crippen LogP contribution in [-0.4, -0.2) is 41.5 Å². The van der Waals surface area contributed by atoms with Crippen LogP contribution in [0.25, 0.3) is 6.08 Å². The molecule has 3 aromatic rings. The summed E-state index contributed by atoms with van der Waals surface area (Å²) in [5.41, 5.74) is 1.22. The highest BCUT2D eigenvalue weighted by Gasteiger charge is 2.37. The molecule has 2 aromatic heterocycles. The summed E-state index contributed by atoms with van der Waals surface area (Å²) < 4.78 is 12.5. The van der Waals surface area contributed by atoms with Crippen molar-refractivity contribution in [1.29, 1.82) is 0 Å². The van der Waals surface area contributed by atoms with Gasteiger partial charge in [-0.3, -0.25) is 14.4 Å². The number of furan rings is 1. The van der Waals surface area contributed by atoms with E-state index in [1.165, 1.54) is 25.5 Å². The Morgan fingerprint density at radius 1 is 1.14 bits per heavy atom. The number of hydrogen-bond acceptors (Lipinski definition) is 5. The number of halogens is 1. The fraction of sp³-hybridized carbons (Fsp3) is 0.269. The maximum Gasteiger partial charge on any atom is 0.270 e. The van der Waals surface area contributed by atoms with Gasteiger partial charge in [-0.2, -0.15) is 0 Å². The van der Waals surface area contributed by atoms with Crippen LogP contribution >= 0.6 is 11.6 Å². The van der Waals surface area contributed by atoms with Crippen molar-refractivity contribution >= 4 is 29.5 Å². The van der Waals surface area contributed by atoms with Gasteiger partial charge in [0.15, 0.2) is 0 Å². The summed E-state index contributed by atoms with van der Waals surface area (Å²) in [7, 11) is 1.46. The molecule has 2 unspecified atom stereocenters. The highest BCUT2D eigenvalue weighted by Crippen LogP contribution is 2.35. The molecule has 2 aliphatic heterocycles. The van der Waals surface area contributed by atoms with Gasteiger partial charge in [-0.1, -0.05) is 17.7 Å². The van der Waals surface area contributed by atoms with Crippen LogP contribution in [0, 0.1) is 5.92 Å². The summed E-state index contributed by atoms with van der Waals surface area (Å²) in [6.07, 6.45) is 3.92. The molecular weight excluding hydrogens is 470 g/mol. The van der Waals surface area contributed by atoms with E-state index >= 15 is 0 Å². The number of ether oxygens (including phenoxy) is 1. The molecule has 9 heteroatoms.